The number of nitrogens with zero attached hydrogens (tertiary/aromatic N) is 2. The Morgan fingerprint density at radius 3 is 1.62 bits per heavy atom. The molecule has 0 aliphatic carbocycles. The van der Waals surface area contributed by atoms with Crippen LogP contribution in [-0.2, 0) is 0 Å². The molecular weight excluding hydrogens is 238 g/mol. The lowest BCUT2D eigenvalue weighted by atomic mass is 10.3. The Morgan fingerprint density at radius 2 is 1.31 bits per heavy atom. The van der Waals surface area contributed by atoms with Crippen molar-refractivity contribution in [1.82, 2.24) is 9.80 Å². The average molecular weight is 248 g/mol. The maximum atomic E-state index is 12.2. The molecule has 0 saturated carbocycles. The van der Waals surface area contributed by atoms with Crippen molar-refractivity contribution in [2.75, 3.05) is 26.2 Å². The van der Waals surface area contributed by atoms with Crippen molar-refractivity contribution < 1.29 is 26.3 Å². The zero-order valence-electron chi connectivity index (χ0n) is 8.20. The fraction of sp³-hybridized carbons (Fsp3) is 0.750. The lowest BCUT2D eigenvalue weighted by molar-refractivity contribution is -0.252. The second kappa shape index (κ2) is 4.15. The summed E-state index contributed by atoms with van der Waals surface area (Å²) in [6, 6.07) is 0. The molecule has 0 atom stereocenters. The van der Waals surface area contributed by atoms with Crippen LogP contribution >= 0.6 is 0 Å². The van der Waals surface area contributed by atoms with E-state index in [9.17, 15) is 26.3 Å². The van der Waals surface area contributed by atoms with Crippen molar-refractivity contribution in [2.45, 2.75) is 12.5 Å². The Balaban J connectivity index is 2.53. The molecule has 1 saturated heterocycles. The Labute approximate surface area is 88.1 Å². The zero-order chi connectivity index (χ0) is 12.6. The molecule has 94 valence electrons. The van der Waals surface area contributed by atoms with E-state index in [4.69, 9.17) is 0 Å². The maximum absolute atomic E-state index is 12.2. The van der Waals surface area contributed by atoms with E-state index in [1.54, 1.807) is 0 Å². The van der Waals surface area contributed by atoms with Gasteiger partial charge in [-0.3, -0.25) is 0 Å². The molecule has 0 aromatic rings. The first kappa shape index (κ1) is 13.1. The molecule has 0 spiro atoms. The summed E-state index contributed by atoms with van der Waals surface area (Å²) in [5.74, 6) is 0. The SMILES string of the molecule is C=C(N1CCN(C(F)(F)F)CC1)C(F)(F)F. The van der Waals surface area contributed by atoms with Crippen LogP contribution in [0.1, 0.15) is 0 Å². The first-order valence-corrected chi connectivity index (χ1v) is 4.45. The van der Waals surface area contributed by atoms with Crippen molar-refractivity contribution in [2.24, 2.45) is 0 Å². The molecule has 1 aliphatic heterocycles. The first-order valence-electron chi connectivity index (χ1n) is 4.45. The number of hydrogen-bond donors (Lipinski definition) is 0. The van der Waals surface area contributed by atoms with Gasteiger partial charge in [0.1, 0.15) is 5.70 Å². The average Bonchev–Trinajstić information content (AvgIpc) is 2.14. The molecule has 0 aromatic heterocycles. The van der Waals surface area contributed by atoms with Crippen LogP contribution in [0.25, 0.3) is 0 Å². The van der Waals surface area contributed by atoms with Crippen molar-refractivity contribution in [3.05, 3.63) is 12.3 Å². The summed E-state index contributed by atoms with van der Waals surface area (Å²) in [6.45, 7) is 1.25. The summed E-state index contributed by atoms with van der Waals surface area (Å²) < 4.78 is 73.1. The number of allylic oxidation sites excluding steroid dienone is 1. The zero-order valence-corrected chi connectivity index (χ0v) is 8.20. The molecule has 1 rings (SSSR count). The van der Waals surface area contributed by atoms with E-state index >= 15 is 0 Å². The number of rotatable bonds is 1. The lowest BCUT2D eigenvalue weighted by Crippen LogP contribution is -2.52. The smallest absolute Gasteiger partial charge is 0.365 e. The molecule has 2 nitrogen and oxygen atoms in total. The largest absolute Gasteiger partial charge is 0.460 e. The summed E-state index contributed by atoms with van der Waals surface area (Å²) in [7, 11) is 0. The Hall–Kier alpha value is -0.920. The van der Waals surface area contributed by atoms with Gasteiger partial charge in [-0.25, -0.2) is 4.90 Å². The van der Waals surface area contributed by atoms with Crippen LogP contribution in [0.2, 0.25) is 0 Å². The van der Waals surface area contributed by atoms with Crippen LogP contribution in [0.15, 0.2) is 12.3 Å². The lowest BCUT2D eigenvalue weighted by Gasteiger charge is -2.37. The summed E-state index contributed by atoms with van der Waals surface area (Å²) >= 11 is 0. The second-order valence-electron chi connectivity index (χ2n) is 3.39. The van der Waals surface area contributed by atoms with Gasteiger partial charge in [-0.2, -0.15) is 26.3 Å². The minimum Gasteiger partial charge on any atom is -0.365 e. The Morgan fingerprint density at radius 1 is 0.875 bits per heavy atom. The molecule has 0 unspecified atom stereocenters. The summed E-state index contributed by atoms with van der Waals surface area (Å²) in [6.07, 6.45) is -9.06. The number of piperazine rings is 1. The molecule has 1 fully saturated rings. The van der Waals surface area contributed by atoms with Crippen LogP contribution < -0.4 is 0 Å². The van der Waals surface area contributed by atoms with Crippen molar-refractivity contribution >= 4 is 0 Å². The highest BCUT2D eigenvalue weighted by Crippen LogP contribution is 2.29. The van der Waals surface area contributed by atoms with E-state index in [-0.39, 0.29) is 18.0 Å². The van der Waals surface area contributed by atoms with Gasteiger partial charge in [0, 0.05) is 26.2 Å². The molecular formula is C8H10F6N2. The van der Waals surface area contributed by atoms with Crippen LogP contribution in [0.3, 0.4) is 0 Å². The van der Waals surface area contributed by atoms with Crippen molar-refractivity contribution in [3.63, 3.8) is 0 Å². The van der Waals surface area contributed by atoms with Gasteiger partial charge in [-0.1, -0.05) is 6.58 Å². The van der Waals surface area contributed by atoms with Crippen LogP contribution in [0.4, 0.5) is 26.3 Å². The molecule has 0 radical (unpaired) electrons. The van der Waals surface area contributed by atoms with Crippen LogP contribution in [0, 0.1) is 0 Å². The third kappa shape index (κ3) is 3.03. The standard InChI is InChI=1S/C8H10F6N2/c1-6(7(9,10)11)15-2-4-16(5-3-15)8(12,13)14/h1-5H2. The molecule has 8 heteroatoms. The van der Waals surface area contributed by atoms with Gasteiger partial charge in [-0.15, -0.1) is 0 Å². The predicted octanol–water partition coefficient (Wildman–Crippen LogP) is 2.20. The third-order valence-corrected chi connectivity index (χ3v) is 2.35. The number of hydrogen-bond acceptors (Lipinski definition) is 2. The van der Waals surface area contributed by atoms with Gasteiger partial charge < -0.3 is 4.90 Å². The Kier molecular flexibility index (Phi) is 3.41. The summed E-state index contributed by atoms with van der Waals surface area (Å²) in [5, 5.41) is 0. The molecule has 0 N–H and O–H groups in total. The topological polar surface area (TPSA) is 6.48 Å². The molecule has 1 aliphatic rings. The van der Waals surface area contributed by atoms with Crippen LogP contribution in [-0.4, -0.2) is 48.5 Å². The van der Waals surface area contributed by atoms with Gasteiger partial charge >= 0.3 is 12.5 Å². The van der Waals surface area contributed by atoms with E-state index in [0.29, 0.717) is 0 Å². The fourth-order valence-corrected chi connectivity index (χ4v) is 1.41. The maximum Gasteiger partial charge on any atom is 0.460 e. The van der Waals surface area contributed by atoms with E-state index < -0.39 is 31.3 Å². The van der Waals surface area contributed by atoms with E-state index in [2.05, 4.69) is 6.58 Å². The van der Waals surface area contributed by atoms with Gasteiger partial charge in [0.2, 0.25) is 0 Å². The quantitative estimate of drug-likeness (QED) is 0.518. The summed E-state index contributed by atoms with van der Waals surface area (Å²) in [4.78, 5) is 1.01. The highest BCUT2D eigenvalue weighted by atomic mass is 19.4. The molecule has 0 aromatic carbocycles. The van der Waals surface area contributed by atoms with Gasteiger partial charge in [0.25, 0.3) is 0 Å². The highest BCUT2D eigenvalue weighted by Gasteiger charge is 2.42. The second-order valence-corrected chi connectivity index (χ2v) is 3.39. The monoisotopic (exact) mass is 248 g/mol. The molecule has 0 bridgehead atoms. The fourth-order valence-electron chi connectivity index (χ4n) is 1.41. The molecule has 0 amide bonds. The molecule has 16 heavy (non-hydrogen) atoms. The normalized spacial score (nSPS) is 20.0. The third-order valence-electron chi connectivity index (χ3n) is 2.35. The summed E-state index contributed by atoms with van der Waals surface area (Å²) in [5.41, 5.74) is -1.09. The predicted molar refractivity (Wildman–Crippen MR) is 44.4 cm³/mol. The molecule has 1 heterocycles. The van der Waals surface area contributed by atoms with E-state index in [1.165, 1.54) is 0 Å². The van der Waals surface area contributed by atoms with Crippen molar-refractivity contribution in [3.8, 4) is 0 Å². The first-order chi connectivity index (χ1) is 7.12. The van der Waals surface area contributed by atoms with E-state index in [0.717, 1.165) is 4.90 Å². The van der Waals surface area contributed by atoms with Crippen molar-refractivity contribution in [1.29, 1.82) is 0 Å². The van der Waals surface area contributed by atoms with E-state index in [1.807, 2.05) is 0 Å². The number of halogens is 6. The minimum atomic E-state index is -4.58. The number of alkyl halides is 6. The van der Waals surface area contributed by atoms with Gasteiger partial charge in [0.05, 0.1) is 0 Å². The van der Waals surface area contributed by atoms with Gasteiger partial charge in [0.15, 0.2) is 0 Å². The Bertz CT molecular complexity index is 261. The highest BCUT2D eigenvalue weighted by molar-refractivity contribution is 5.03. The van der Waals surface area contributed by atoms with Gasteiger partial charge in [-0.05, 0) is 0 Å². The van der Waals surface area contributed by atoms with Crippen LogP contribution in [0.5, 0.6) is 0 Å². The minimum absolute atomic E-state index is 0.188.